The van der Waals surface area contributed by atoms with Crippen molar-refractivity contribution in [2.24, 2.45) is 5.92 Å². The van der Waals surface area contributed by atoms with Gasteiger partial charge in [-0.15, -0.1) is 5.10 Å². The molecular weight excluding hydrogens is 204 g/mol. The summed E-state index contributed by atoms with van der Waals surface area (Å²) in [6.45, 7) is 7.93. The maximum absolute atomic E-state index is 4.19. The summed E-state index contributed by atoms with van der Waals surface area (Å²) in [7, 11) is 0. The highest BCUT2D eigenvalue weighted by Crippen LogP contribution is 2.15. The molecule has 0 atom stereocenters. The molecular formula is C10H16N6. The summed E-state index contributed by atoms with van der Waals surface area (Å²) in [5, 5.41) is 11.4. The Morgan fingerprint density at radius 1 is 1.38 bits per heavy atom. The molecule has 2 heterocycles. The number of hydrogen-bond acceptors (Lipinski definition) is 5. The molecule has 2 rings (SSSR count). The van der Waals surface area contributed by atoms with Crippen molar-refractivity contribution in [3.8, 4) is 0 Å². The molecule has 0 radical (unpaired) electrons. The van der Waals surface area contributed by atoms with Crippen LogP contribution in [-0.4, -0.2) is 31.5 Å². The number of fused-ring (bicyclic) bond motifs is 1. The molecule has 0 aliphatic rings. The van der Waals surface area contributed by atoms with E-state index in [4.69, 9.17) is 0 Å². The number of nitrogens with one attached hydrogen (secondary N) is 1. The van der Waals surface area contributed by atoms with E-state index in [0.717, 1.165) is 30.1 Å². The molecule has 1 N–H and O–H groups in total. The number of anilines is 1. The van der Waals surface area contributed by atoms with Crippen LogP contribution in [0.25, 0.3) is 11.2 Å². The Balaban J connectivity index is 2.35. The molecule has 0 amide bonds. The predicted octanol–water partition coefficient (Wildman–Crippen LogP) is 1.31. The molecule has 0 saturated carbocycles. The van der Waals surface area contributed by atoms with Gasteiger partial charge in [-0.3, -0.25) is 0 Å². The van der Waals surface area contributed by atoms with Crippen molar-refractivity contribution in [2.75, 3.05) is 11.9 Å². The quantitative estimate of drug-likeness (QED) is 0.841. The van der Waals surface area contributed by atoms with Crippen molar-refractivity contribution in [3.63, 3.8) is 0 Å². The second-order valence-electron chi connectivity index (χ2n) is 4.07. The Morgan fingerprint density at radius 2 is 2.19 bits per heavy atom. The number of nitrogens with zero attached hydrogens (tertiary/aromatic N) is 5. The van der Waals surface area contributed by atoms with Gasteiger partial charge in [0.1, 0.15) is 6.33 Å². The van der Waals surface area contributed by atoms with Crippen LogP contribution < -0.4 is 5.32 Å². The summed E-state index contributed by atoms with van der Waals surface area (Å²) in [4.78, 5) is 8.38. The highest BCUT2D eigenvalue weighted by molar-refractivity contribution is 5.81. The molecule has 0 aliphatic heterocycles. The van der Waals surface area contributed by atoms with E-state index in [1.165, 1.54) is 0 Å². The fourth-order valence-electron chi connectivity index (χ4n) is 1.43. The van der Waals surface area contributed by atoms with E-state index in [2.05, 4.69) is 39.4 Å². The van der Waals surface area contributed by atoms with Crippen LogP contribution >= 0.6 is 0 Å². The lowest BCUT2D eigenvalue weighted by atomic mass is 10.2. The molecule has 6 nitrogen and oxygen atoms in total. The van der Waals surface area contributed by atoms with Crippen LogP contribution in [0.15, 0.2) is 6.33 Å². The highest BCUT2D eigenvalue weighted by Gasteiger charge is 2.10. The first-order valence-corrected chi connectivity index (χ1v) is 5.50. The Labute approximate surface area is 94.1 Å². The Hall–Kier alpha value is -1.72. The molecule has 0 unspecified atom stereocenters. The minimum atomic E-state index is 0.561. The molecule has 0 spiro atoms. The Bertz CT molecular complexity index is 475. The van der Waals surface area contributed by atoms with Gasteiger partial charge in [0.15, 0.2) is 17.0 Å². The standard InChI is InChI=1S/C10H16N6/c1-4-16-10-8(14-15-16)9(12-6-13-10)11-5-7(2)3/h6-7H,4-5H2,1-3H3,(H,11,12,13). The number of rotatable bonds is 4. The van der Waals surface area contributed by atoms with Gasteiger partial charge < -0.3 is 5.32 Å². The van der Waals surface area contributed by atoms with Crippen molar-refractivity contribution in [2.45, 2.75) is 27.3 Å². The van der Waals surface area contributed by atoms with Gasteiger partial charge in [-0.1, -0.05) is 19.1 Å². The molecule has 0 aliphatic carbocycles. The third-order valence-corrected chi connectivity index (χ3v) is 2.28. The fraction of sp³-hybridized carbons (Fsp3) is 0.600. The maximum Gasteiger partial charge on any atom is 0.183 e. The molecule has 0 bridgehead atoms. The summed E-state index contributed by atoms with van der Waals surface area (Å²) in [6, 6.07) is 0. The van der Waals surface area contributed by atoms with E-state index in [9.17, 15) is 0 Å². The predicted molar refractivity (Wildman–Crippen MR) is 62.1 cm³/mol. The van der Waals surface area contributed by atoms with E-state index in [1.807, 2.05) is 6.92 Å². The van der Waals surface area contributed by atoms with Gasteiger partial charge in [0.25, 0.3) is 0 Å². The molecule has 86 valence electrons. The van der Waals surface area contributed by atoms with Crippen LogP contribution in [0.4, 0.5) is 5.82 Å². The first-order chi connectivity index (χ1) is 7.72. The minimum absolute atomic E-state index is 0.561. The summed E-state index contributed by atoms with van der Waals surface area (Å²) >= 11 is 0. The van der Waals surface area contributed by atoms with Crippen LogP contribution in [0, 0.1) is 5.92 Å². The largest absolute Gasteiger partial charge is 0.368 e. The normalized spacial score (nSPS) is 11.2. The second kappa shape index (κ2) is 4.42. The van der Waals surface area contributed by atoms with E-state index in [-0.39, 0.29) is 0 Å². The van der Waals surface area contributed by atoms with Crippen LogP contribution in [0.2, 0.25) is 0 Å². The first kappa shape index (κ1) is 10.8. The topological polar surface area (TPSA) is 68.5 Å². The van der Waals surface area contributed by atoms with E-state index in [1.54, 1.807) is 11.0 Å². The van der Waals surface area contributed by atoms with Gasteiger partial charge in [-0.05, 0) is 12.8 Å². The molecule has 2 aromatic heterocycles. The van der Waals surface area contributed by atoms with Crippen LogP contribution in [0.1, 0.15) is 20.8 Å². The maximum atomic E-state index is 4.19. The summed E-state index contributed by atoms with van der Waals surface area (Å²) in [5.41, 5.74) is 1.52. The number of aromatic nitrogens is 5. The van der Waals surface area contributed by atoms with Crippen LogP contribution in [0.5, 0.6) is 0 Å². The SMILES string of the molecule is CCn1nnc2c(NCC(C)C)ncnc21. The van der Waals surface area contributed by atoms with Crippen molar-refractivity contribution in [1.82, 2.24) is 25.0 Å². The van der Waals surface area contributed by atoms with Gasteiger partial charge in [0.2, 0.25) is 0 Å². The third kappa shape index (κ3) is 1.95. The Kier molecular flexibility index (Phi) is 2.98. The lowest BCUT2D eigenvalue weighted by Gasteiger charge is -2.07. The van der Waals surface area contributed by atoms with Crippen LogP contribution in [0.3, 0.4) is 0 Å². The zero-order valence-corrected chi connectivity index (χ0v) is 9.80. The molecule has 2 aromatic rings. The van der Waals surface area contributed by atoms with Crippen molar-refractivity contribution in [1.29, 1.82) is 0 Å². The van der Waals surface area contributed by atoms with Crippen LogP contribution in [-0.2, 0) is 6.54 Å². The zero-order chi connectivity index (χ0) is 11.5. The minimum Gasteiger partial charge on any atom is -0.368 e. The monoisotopic (exact) mass is 220 g/mol. The van der Waals surface area contributed by atoms with Crippen molar-refractivity contribution in [3.05, 3.63) is 6.33 Å². The summed E-state index contributed by atoms with van der Waals surface area (Å²) < 4.78 is 1.76. The first-order valence-electron chi connectivity index (χ1n) is 5.50. The molecule has 0 fully saturated rings. The van der Waals surface area contributed by atoms with E-state index < -0.39 is 0 Å². The molecule has 6 heteroatoms. The lowest BCUT2D eigenvalue weighted by molar-refractivity contribution is 0.641. The average molecular weight is 220 g/mol. The Morgan fingerprint density at radius 3 is 2.88 bits per heavy atom. The average Bonchev–Trinajstić information content (AvgIpc) is 2.69. The molecule has 0 saturated heterocycles. The lowest BCUT2D eigenvalue weighted by Crippen LogP contribution is -2.09. The zero-order valence-electron chi connectivity index (χ0n) is 9.80. The summed E-state index contributed by atoms with van der Waals surface area (Å²) in [6.07, 6.45) is 1.54. The third-order valence-electron chi connectivity index (χ3n) is 2.28. The fourth-order valence-corrected chi connectivity index (χ4v) is 1.43. The highest BCUT2D eigenvalue weighted by atomic mass is 15.4. The molecule has 0 aromatic carbocycles. The van der Waals surface area contributed by atoms with Crippen molar-refractivity contribution < 1.29 is 0 Å². The van der Waals surface area contributed by atoms with E-state index in [0.29, 0.717) is 5.92 Å². The van der Waals surface area contributed by atoms with Gasteiger partial charge in [-0.2, -0.15) is 0 Å². The second-order valence-corrected chi connectivity index (χ2v) is 4.07. The van der Waals surface area contributed by atoms with E-state index >= 15 is 0 Å². The van der Waals surface area contributed by atoms with Gasteiger partial charge in [0.05, 0.1) is 0 Å². The summed E-state index contributed by atoms with van der Waals surface area (Å²) in [5.74, 6) is 1.32. The molecule has 16 heavy (non-hydrogen) atoms. The van der Waals surface area contributed by atoms with Gasteiger partial charge >= 0.3 is 0 Å². The van der Waals surface area contributed by atoms with Gasteiger partial charge in [0, 0.05) is 13.1 Å². The number of hydrogen-bond donors (Lipinski definition) is 1. The van der Waals surface area contributed by atoms with Gasteiger partial charge in [-0.25, -0.2) is 14.6 Å². The van der Waals surface area contributed by atoms with Crippen molar-refractivity contribution >= 4 is 17.0 Å². The smallest absolute Gasteiger partial charge is 0.183 e. The number of aryl methyl sites for hydroxylation is 1.